The Labute approximate surface area is 317 Å². The quantitative estimate of drug-likeness (QED) is 0.0282. The van der Waals surface area contributed by atoms with Gasteiger partial charge in [0.05, 0.1) is 19.8 Å². The summed E-state index contributed by atoms with van der Waals surface area (Å²) in [5, 5.41) is 40.0. The molecule has 306 valence electrons. The predicted molar refractivity (Wildman–Crippen MR) is 210 cm³/mol. The molecule has 1 rings (SSSR count). The summed E-state index contributed by atoms with van der Waals surface area (Å²) >= 11 is 0. The van der Waals surface area contributed by atoms with E-state index in [4.69, 9.17) is 18.9 Å². The van der Waals surface area contributed by atoms with Gasteiger partial charge < -0.3 is 39.4 Å². The Balaban J connectivity index is 2.30. The van der Waals surface area contributed by atoms with Crippen molar-refractivity contribution in [1.29, 1.82) is 0 Å². The number of hydrogen-bond donors (Lipinski definition) is 4. The van der Waals surface area contributed by atoms with Gasteiger partial charge in [0.1, 0.15) is 30.5 Å². The zero-order valence-electron chi connectivity index (χ0n) is 33.3. The molecule has 1 aliphatic heterocycles. The van der Waals surface area contributed by atoms with Crippen LogP contribution >= 0.6 is 0 Å². The van der Waals surface area contributed by atoms with Crippen LogP contribution in [0.1, 0.15) is 181 Å². The lowest BCUT2D eigenvalue weighted by Gasteiger charge is -2.39. The van der Waals surface area contributed by atoms with Crippen molar-refractivity contribution in [3.8, 4) is 0 Å². The minimum Gasteiger partial charge on any atom is -0.457 e. The molecule has 0 aromatic carbocycles. The summed E-state index contributed by atoms with van der Waals surface area (Å²) in [7, 11) is 0. The van der Waals surface area contributed by atoms with E-state index in [2.05, 4.69) is 38.2 Å². The van der Waals surface area contributed by atoms with E-state index in [-0.39, 0.29) is 19.2 Å². The number of aliphatic hydroxyl groups excluding tert-OH is 4. The summed E-state index contributed by atoms with van der Waals surface area (Å²) in [6.45, 7) is 4.53. The van der Waals surface area contributed by atoms with E-state index >= 15 is 0 Å². The third-order valence-electron chi connectivity index (χ3n) is 9.87. The Kier molecular flexibility index (Phi) is 33.1. The van der Waals surface area contributed by atoms with Gasteiger partial charge in [-0.05, 0) is 44.9 Å². The van der Waals surface area contributed by atoms with Crippen molar-refractivity contribution < 1.29 is 44.2 Å². The molecule has 0 radical (unpaired) electrons. The fourth-order valence-corrected chi connectivity index (χ4v) is 6.46. The number of unbranched alkanes of at least 4 members (excludes halogenated alkanes) is 21. The second kappa shape index (κ2) is 35.4. The second-order valence-electron chi connectivity index (χ2n) is 14.8. The van der Waals surface area contributed by atoms with Crippen LogP contribution in [0, 0.1) is 0 Å². The number of aliphatic hydroxyl groups is 4. The molecule has 1 aliphatic rings. The first kappa shape index (κ1) is 48.7. The maximum Gasteiger partial charge on any atom is 0.306 e. The van der Waals surface area contributed by atoms with Crippen molar-refractivity contribution in [3.63, 3.8) is 0 Å². The number of ether oxygens (including phenoxy) is 4. The van der Waals surface area contributed by atoms with Crippen molar-refractivity contribution in [3.05, 3.63) is 24.3 Å². The van der Waals surface area contributed by atoms with E-state index in [1.165, 1.54) is 103 Å². The van der Waals surface area contributed by atoms with Crippen LogP contribution in [0.2, 0.25) is 0 Å². The summed E-state index contributed by atoms with van der Waals surface area (Å²) in [5.41, 5.74) is 0. The van der Waals surface area contributed by atoms with Gasteiger partial charge in [-0.25, -0.2) is 0 Å². The van der Waals surface area contributed by atoms with Gasteiger partial charge in [-0.3, -0.25) is 4.79 Å². The van der Waals surface area contributed by atoms with Gasteiger partial charge >= 0.3 is 5.97 Å². The number of carbonyl (C=O) groups is 1. The van der Waals surface area contributed by atoms with E-state index in [0.717, 1.165) is 57.8 Å². The van der Waals surface area contributed by atoms with Crippen LogP contribution in [0.3, 0.4) is 0 Å². The number of hydrogen-bond acceptors (Lipinski definition) is 9. The second-order valence-corrected chi connectivity index (χ2v) is 14.8. The molecule has 6 atom stereocenters. The van der Waals surface area contributed by atoms with Gasteiger partial charge in [0.2, 0.25) is 0 Å². The molecule has 9 heteroatoms. The highest BCUT2D eigenvalue weighted by Gasteiger charge is 2.44. The molecule has 52 heavy (non-hydrogen) atoms. The zero-order chi connectivity index (χ0) is 37.9. The molecule has 0 saturated carbocycles. The molecule has 0 aromatic heterocycles. The van der Waals surface area contributed by atoms with E-state index in [9.17, 15) is 25.2 Å². The first-order valence-electron chi connectivity index (χ1n) is 21.4. The van der Waals surface area contributed by atoms with E-state index in [1.807, 2.05) is 0 Å². The summed E-state index contributed by atoms with van der Waals surface area (Å²) in [6.07, 6.45) is 31.9. The standard InChI is InChI=1S/C43H80O9/c1-3-5-7-9-11-13-15-17-19-20-22-24-26-28-30-32-39(45)51-37(36-50-43-42(48)41(47)40(46)38(34-44)52-43)35-49-33-31-29-27-25-23-21-18-16-14-12-10-8-6-4-2/h11,13,17,19,37-38,40-44,46-48H,3-10,12,14-16,18,20-36H2,1-2H3/b13-11-,19-17-. The van der Waals surface area contributed by atoms with Crippen molar-refractivity contribution in [1.82, 2.24) is 0 Å². The summed E-state index contributed by atoms with van der Waals surface area (Å²) in [6, 6.07) is 0. The topological polar surface area (TPSA) is 135 Å². The largest absolute Gasteiger partial charge is 0.457 e. The van der Waals surface area contributed by atoms with Crippen molar-refractivity contribution in [2.24, 2.45) is 0 Å². The van der Waals surface area contributed by atoms with E-state index in [0.29, 0.717) is 13.0 Å². The average molecular weight is 741 g/mol. The lowest BCUT2D eigenvalue weighted by atomic mass is 9.99. The molecule has 6 unspecified atom stereocenters. The lowest BCUT2D eigenvalue weighted by Crippen LogP contribution is -2.59. The number of carbonyl (C=O) groups excluding carboxylic acids is 1. The van der Waals surface area contributed by atoms with Gasteiger partial charge in [-0.2, -0.15) is 0 Å². The van der Waals surface area contributed by atoms with Crippen molar-refractivity contribution >= 4 is 5.97 Å². The molecule has 0 amide bonds. The van der Waals surface area contributed by atoms with Crippen LogP contribution in [0.5, 0.6) is 0 Å². The molecule has 0 bridgehead atoms. The fourth-order valence-electron chi connectivity index (χ4n) is 6.46. The summed E-state index contributed by atoms with van der Waals surface area (Å²) in [4.78, 5) is 12.7. The Bertz CT molecular complexity index is 848. The third kappa shape index (κ3) is 26.4. The first-order chi connectivity index (χ1) is 25.4. The van der Waals surface area contributed by atoms with Crippen LogP contribution in [-0.2, 0) is 23.7 Å². The van der Waals surface area contributed by atoms with Crippen LogP contribution in [-0.4, -0.2) is 89.6 Å². The summed E-state index contributed by atoms with van der Waals surface area (Å²) in [5.74, 6) is -0.326. The van der Waals surface area contributed by atoms with E-state index in [1.54, 1.807) is 0 Å². The van der Waals surface area contributed by atoms with Crippen LogP contribution in [0.25, 0.3) is 0 Å². The highest BCUT2D eigenvalue weighted by molar-refractivity contribution is 5.69. The summed E-state index contributed by atoms with van der Waals surface area (Å²) < 4.78 is 22.8. The normalized spacial score (nSPS) is 21.4. The number of allylic oxidation sites excluding steroid dienone is 4. The van der Waals surface area contributed by atoms with Crippen LogP contribution in [0.15, 0.2) is 24.3 Å². The van der Waals surface area contributed by atoms with E-state index < -0.39 is 43.4 Å². The third-order valence-corrected chi connectivity index (χ3v) is 9.87. The Morgan fingerprint density at radius 2 is 1.12 bits per heavy atom. The lowest BCUT2D eigenvalue weighted by molar-refractivity contribution is -0.305. The molecule has 9 nitrogen and oxygen atoms in total. The van der Waals surface area contributed by atoms with Gasteiger partial charge in [0.15, 0.2) is 6.29 Å². The average Bonchev–Trinajstić information content (AvgIpc) is 3.14. The smallest absolute Gasteiger partial charge is 0.306 e. The molecule has 4 N–H and O–H groups in total. The molecular formula is C43H80O9. The Hall–Kier alpha value is -1.33. The predicted octanol–water partition coefficient (Wildman–Crippen LogP) is 9.03. The van der Waals surface area contributed by atoms with Gasteiger partial charge in [0, 0.05) is 13.0 Å². The number of rotatable bonds is 36. The molecule has 1 heterocycles. The highest BCUT2D eigenvalue weighted by atomic mass is 16.7. The van der Waals surface area contributed by atoms with Crippen LogP contribution in [0.4, 0.5) is 0 Å². The SMILES string of the molecule is CCCCC/C=C\C/C=C\CCCCCCCC(=O)OC(COCCCCCCCCCCCCCCCC)COC1OC(CO)C(O)C(O)C1O. The maximum absolute atomic E-state index is 12.7. The minimum atomic E-state index is -1.54. The minimum absolute atomic E-state index is 0.116. The van der Waals surface area contributed by atoms with Crippen molar-refractivity contribution in [2.45, 2.75) is 218 Å². The molecule has 0 aliphatic carbocycles. The monoisotopic (exact) mass is 741 g/mol. The van der Waals surface area contributed by atoms with Crippen molar-refractivity contribution in [2.75, 3.05) is 26.4 Å². The molecule has 1 fully saturated rings. The van der Waals surface area contributed by atoms with Gasteiger partial charge in [-0.15, -0.1) is 0 Å². The van der Waals surface area contributed by atoms with Crippen LogP contribution < -0.4 is 0 Å². The highest BCUT2D eigenvalue weighted by Crippen LogP contribution is 2.22. The zero-order valence-corrected chi connectivity index (χ0v) is 33.3. The maximum atomic E-state index is 12.7. The first-order valence-corrected chi connectivity index (χ1v) is 21.4. The molecular weight excluding hydrogens is 660 g/mol. The van der Waals surface area contributed by atoms with Gasteiger partial charge in [0.25, 0.3) is 0 Å². The molecule has 0 spiro atoms. The Morgan fingerprint density at radius 3 is 1.69 bits per heavy atom. The van der Waals surface area contributed by atoms with Gasteiger partial charge in [-0.1, -0.05) is 154 Å². The Morgan fingerprint density at radius 1 is 0.615 bits per heavy atom. The fraction of sp³-hybridized carbons (Fsp3) is 0.884. The molecule has 1 saturated heterocycles. The molecule has 0 aromatic rings. The number of esters is 1.